The number of hydrogen-bond donors (Lipinski definition) is 1. The molecule has 0 bridgehead atoms. The van der Waals surface area contributed by atoms with Crippen molar-refractivity contribution in [1.82, 2.24) is 4.98 Å². The van der Waals surface area contributed by atoms with Gasteiger partial charge in [-0.15, -0.1) is 0 Å². The van der Waals surface area contributed by atoms with Crippen molar-refractivity contribution in [2.24, 2.45) is 0 Å². The van der Waals surface area contributed by atoms with Gasteiger partial charge in [0.15, 0.2) is 0 Å². The molecule has 0 aliphatic rings. The third-order valence-corrected chi connectivity index (χ3v) is 2.57. The van der Waals surface area contributed by atoms with Gasteiger partial charge >= 0.3 is 0 Å². The molecule has 0 atom stereocenters. The summed E-state index contributed by atoms with van der Waals surface area (Å²) in [5.41, 5.74) is 9.50. The number of rotatable bonds is 1. The predicted molar refractivity (Wildman–Crippen MR) is 63.8 cm³/mol. The maximum Gasteiger partial charge on any atom is 0.0635 e. The largest absolute Gasteiger partial charge is 0.398 e. The topological polar surface area (TPSA) is 38.9 Å². The zero-order chi connectivity index (χ0) is 10.8. The molecular formula is C12H11ClN2. The molecular weight excluding hydrogens is 208 g/mol. The molecule has 76 valence electrons. The lowest BCUT2D eigenvalue weighted by Gasteiger charge is -2.04. The summed E-state index contributed by atoms with van der Waals surface area (Å²) in [6.45, 7) is 1.96. The molecule has 0 radical (unpaired) electrons. The monoisotopic (exact) mass is 218 g/mol. The summed E-state index contributed by atoms with van der Waals surface area (Å²) < 4.78 is 0. The van der Waals surface area contributed by atoms with Gasteiger partial charge < -0.3 is 5.73 Å². The second kappa shape index (κ2) is 3.91. The van der Waals surface area contributed by atoms with Crippen LogP contribution in [0.1, 0.15) is 5.69 Å². The molecule has 0 unspecified atom stereocenters. The average Bonchev–Trinajstić information content (AvgIpc) is 2.22. The van der Waals surface area contributed by atoms with E-state index in [-0.39, 0.29) is 0 Å². The van der Waals surface area contributed by atoms with E-state index < -0.39 is 0 Å². The summed E-state index contributed by atoms with van der Waals surface area (Å²) in [5, 5.41) is 0.588. The van der Waals surface area contributed by atoms with Gasteiger partial charge in [0.05, 0.1) is 10.7 Å². The zero-order valence-electron chi connectivity index (χ0n) is 8.37. The Hall–Kier alpha value is -1.54. The maximum absolute atomic E-state index is 5.86. The average molecular weight is 219 g/mol. The Labute approximate surface area is 93.7 Å². The summed E-state index contributed by atoms with van der Waals surface area (Å²) in [5.74, 6) is 0. The van der Waals surface area contributed by atoms with Crippen molar-refractivity contribution in [1.29, 1.82) is 0 Å². The van der Waals surface area contributed by atoms with Gasteiger partial charge in [-0.1, -0.05) is 17.7 Å². The van der Waals surface area contributed by atoms with Crippen LogP contribution in [0.3, 0.4) is 0 Å². The number of hydrogen-bond acceptors (Lipinski definition) is 2. The van der Waals surface area contributed by atoms with E-state index in [2.05, 4.69) is 4.98 Å². The smallest absolute Gasteiger partial charge is 0.0635 e. The third-order valence-electron chi connectivity index (χ3n) is 2.23. The van der Waals surface area contributed by atoms with Crippen LogP contribution < -0.4 is 5.73 Å². The van der Waals surface area contributed by atoms with E-state index in [0.717, 1.165) is 16.8 Å². The highest BCUT2D eigenvalue weighted by Gasteiger charge is 2.01. The van der Waals surface area contributed by atoms with Gasteiger partial charge in [-0.05, 0) is 42.3 Å². The molecule has 1 aromatic heterocycles. The van der Waals surface area contributed by atoms with Gasteiger partial charge in [-0.2, -0.15) is 0 Å². The van der Waals surface area contributed by atoms with Gasteiger partial charge in [0, 0.05) is 11.9 Å². The molecule has 0 saturated carbocycles. The molecule has 2 aromatic rings. The van der Waals surface area contributed by atoms with E-state index in [0.29, 0.717) is 10.7 Å². The molecule has 2 N–H and O–H groups in total. The Bertz CT molecular complexity index is 495. The van der Waals surface area contributed by atoms with Crippen LogP contribution in [-0.4, -0.2) is 4.98 Å². The van der Waals surface area contributed by atoms with E-state index in [4.69, 9.17) is 17.3 Å². The number of nitrogens with zero attached hydrogens (tertiary/aromatic N) is 1. The van der Waals surface area contributed by atoms with Gasteiger partial charge in [0.2, 0.25) is 0 Å². The van der Waals surface area contributed by atoms with E-state index in [9.17, 15) is 0 Å². The standard InChI is InChI=1S/C12H11ClN2/c1-8-6-10(4-5-15-8)9-2-3-11(13)12(14)7-9/h2-7H,14H2,1H3. The number of halogens is 1. The fourth-order valence-corrected chi connectivity index (χ4v) is 1.57. The molecule has 0 saturated heterocycles. The predicted octanol–water partition coefficient (Wildman–Crippen LogP) is 3.29. The molecule has 0 amide bonds. The molecule has 15 heavy (non-hydrogen) atoms. The first-order valence-electron chi connectivity index (χ1n) is 4.65. The first-order valence-corrected chi connectivity index (χ1v) is 5.02. The quantitative estimate of drug-likeness (QED) is 0.746. The Kier molecular flexibility index (Phi) is 2.60. The van der Waals surface area contributed by atoms with Crippen molar-refractivity contribution in [3.8, 4) is 11.1 Å². The highest BCUT2D eigenvalue weighted by atomic mass is 35.5. The normalized spacial score (nSPS) is 10.3. The SMILES string of the molecule is Cc1cc(-c2ccc(Cl)c(N)c2)ccn1. The van der Waals surface area contributed by atoms with E-state index in [1.54, 1.807) is 6.20 Å². The fourth-order valence-electron chi connectivity index (χ4n) is 1.45. The second-order valence-corrected chi connectivity index (χ2v) is 3.83. The zero-order valence-corrected chi connectivity index (χ0v) is 9.12. The number of benzene rings is 1. The lowest BCUT2D eigenvalue weighted by molar-refractivity contribution is 1.20. The van der Waals surface area contributed by atoms with Crippen LogP contribution in [0.2, 0.25) is 5.02 Å². The van der Waals surface area contributed by atoms with Crippen LogP contribution in [0.25, 0.3) is 11.1 Å². The molecule has 0 fully saturated rings. The number of nitrogen functional groups attached to an aromatic ring is 1. The number of aromatic nitrogens is 1. The van der Waals surface area contributed by atoms with Crippen LogP contribution in [0.4, 0.5) is 5.69 Å². The van der Waals surface area contributed by atoms with Crippen LogP contribution in [0.15, 0.2) is 36.5 Å². The van der Waals surface area contributed by atoms with Crippen LogP contribution in [0, 0.1) is 6.92 Å². The lowest BCUT2D eigenvalue weighted by atomic mass is 10.1. The van der Waals surface area contributed by atoms with Crippen molar-refractivity contribution < 1.29 is 0 Å². The Morgan fingerprint density at radius 3 is 2.53 bits per heavy atom. The maximum atomic E-state index is 5.86. The summed E-state index contributed by atoms with van der Waals surface area (Å²) in [6.07, 6.45) is 1.79. The fraction of sp³-hybridized carbons (Fsp3) is 0.0833. The van der Waals surface area contributed by atoms with Crippen molar-refractivity contribution in [2.45, 2.75) is 6.92 Å². The number of nitrogens with two attached hydrogens (primary N) is 1. The highest BCUT2D eigenvalue weighted by molar-refractivity contribution is 6.33. The molecule has 1 heterocycles. The lowest BCUT2D eigenvalue weighted by Crippen LogP contribution is -1.88. The molecule has 3 heteroatoms. The van der Waals surface area contributed by atoms with Crippen molar-refractivity contribution in [3.63, 3.8) is 0 Å². The minimum Gasteiger partial charge on any atom is -0.398 e. The molecule has 0 aliphatic carbocycles. The minimum absolute atomic E-state index is 0.588. The Morgan fingerprint density at radius 1 is 1.13 bits per heavy atom. The summed E-state index contributed by atoms with van der Waals surface area (Å²) in [7, 11) is 0. The molecule has 2 nitrogen and oxygen atoms in total. The van der Waals surface area contributed by atoms with Crippen LogP contribution in [0.5, 0.6) is 0 Å². The number of anilines is 1. The van der Waals surface area contributed by atoms with Gasteiger partial charge in [-0.3, -0.25) is 4.98 Å². The van der Waals surface area contributed by atoms with Crippen molar-refractivity contribution in [3.05, 3.63) is 47.2 Å². The minimum atomic E-state index is 0.588. The number of aryl methyl sites for hydroxylation is 1. The summed E-state index contributed by atoms with van der Waals surface area (Å²) in [4.78, 5) is 4.15. The first kappa shape index (κ1) is 9.99. The Morgan fingerprint density at radius 2 is 1.87 bits per heavy atom. The molecule has 1 aromatic carbocycles. The molecule has 0 spiro atoms. The van der Waals surface area contributed by atoms with Gasteiger partial charge in [0.25, 0.3) is 0 Å². The highest BCUT2D eigenvalue weighted by Crippen LogP contribution is 2.26. The third kappa shape index (κ3) is 2.10. The van der Waals surface area contributed by atoms with Gasteiger partial charge in [-0.25, -0.2) is 0 Å². The van der Waals surface area contributed by atoms with Crippen LogP contribution in [-0.2, 0) is 0 Å². The van der Waals surface area contributed by atoms with E-state index in [1.165, 1.54) is 0 Å². The van der Waals surface area contributed by atoms with Crippen molar-refractivity contribution >= 4 is 17.3 Å². The summed E-state index contributed by atoms with van der Waals surface area (Å²) in [6, 6.07) is 9.60. The van der Waals surface area contributed by atoms with Gasteiger partial charge in [0.1, 0.15) is 0 Å². The van der Waals surface area contributed by atoms with Crippen molar-refractivity contribution in [2.75, 3.05) is 5.73 Å². The number of pyridine rings is 1. The second-order valence-electron chi connectivity index (χ2n) is 3.42. The molecule has 0 aliphatic heterocycles. The Balaban J connectivity index is 2.50. The van der Waals surface area contributed by atoms with E-state index in [1.807, 2.05) is 37.3 Å². The van der Waals surface area contributed by atoms with Crippen LogP contribution >= 0.6 is 11.6 Å². The van der Waals surface area contributed by atoms with E-state index >= 15 is 0 Å². The first-order chi connectivity index (χ1) is 7.16. The molecule has 2 rings (SSSR count). The summed E-state index contributed by atoms with van der Waals surface area (Å²) >= 11 is 5.86.